The lowest BCUT2D eigenvalue weighted by Crippen LogP contribution is -2.15. The van der Waals surface area contributed by atoms with Crippen molar-refractivity contribution in [2.24, 2.45) is 4.99 Å². The minimum Gasteiger partial charge on any atom is -0.481 e. The molecule has 0 saturated heterocycles. The Hall–Kier alpha value is -1.36. The van der Waals surface area contributed by atoms with Crippen LogP contribution in [0.3, 0.4) is 0 Å². The highest BCUT2D eigenvalue weighted by Crippen LogP contribution is 2.22. The maximum atomic E-state index is 10.5. The Morgan fingerprint density at radius 2 is 2.29 bits per heavy atom. The lowest BCUT2D eigenvalue weighted by atomic mass is 10.2. The van der Waals surface area contributed by atoms with Crippen LogP contribution in [0.5, 0.6) is 0 Å². The van der Waals surface area contributed by atoms with E-state index < -0.39 is 5.97 Å². The Bertz CT molecular complexity index is 459. The van der Waals surface area contributed by atoms with Crippen molar-refractivity contribution in [1.82, 2.24) is 0 Å². The van der Waals surface area contributed by atoms with Gasteiger partial charge in [-0.25, -0.2) is 4.99 Å². The topological polar surface area (TPSA) is 58.9 Å². The summed E-state index contributed by atoms with van der Waals surface area (Å²) in [5, 5.41) is 8.60. The van der Waals surface area contributed by atoms with Gasteiger partial charge in [-0.1, -0.05) is 12.1 Å². The number of hydrogen-bond acceptors (Lipinski definition) is 3. The number of hydrogen-bond donors (Lipinski definition) is 1. The summed E-state index contributed by atoms with van der Waals surface area (Å²) < 4.78 is 6.56. The van der Waals surface area contributed by atoms with Gasteiger partial charge in [0.25, 0.3) is 0 Å². The van der Waals surface area contributed by atoms with E-state index in [9.17, 15) is 4.79 Å². The van der Waals surface area contributed by atoms with E-state index in [4.69, 9.17) is 9.84 Å². The van der Waals surface area contributed by atoms with E-state index in [0.29, 0.717) is 18.9 Å². The van der Waals surface area contributed by atoms with Gasteiger partial charge in [-0.05, 0) is 34.5 Å². The van der Waals surface area contributed by atoms with Gasteiger partial charge in [0, 0.05) is 10.9 Å². The maximum Gasteiger partial charge on any atom is 0.303 e. The van der Waals surface area contributed by atoms with Gasteiger partial charge in [-0.3, -0.25) is 4.79 Å². The minimum atomic E-state index is -0.803. The van der Waals surface area contributed by atoms with Gasteiger partial charge in [0.1, 0.15) is 6.10 Å². The fourth-order valence-corrected chi connectivity index (χ4v) is 2.09. The normalized spacial score (nSPS) is 18.6. The Labute approximate surface area is 107 Å². The van der Waals surface area contributed by atoms with Crippen LogP contribution in [0, 0.1) is 0 Å². The summed E-state index contributed by atoms with van der Waals surface area (Å²) in [7, 11) is 0. The Morgan fingerprint density at radius 1 is 1.53 bits per heavy atom. The van der Waals surface area contributed by atoms with Crippen LogP contribution < -0.4 is 0 Å². The predicted octanol–water partition coefficient (Wildman–Crippen LogP) is 2.46. The summed E-state index contributed by atoms with van der Waals surface area (Å²) in [5.41, 5.74) is 0.908. The van der Waals surface area contributed by atoms with Crippen LogP contribution >= 0.6 is 15.9 Å². The summed E-state index contributed by atoms with van der Waals surface area (Å²) >= 11 is 3.43. The molecule has 0 amide bonds. The summed E-state index contributed by atoms with van der Waals surface area (Å²) in [6.07, 6.45) is 0.490. The molecule has 1 aromatic rings. The average Bonchev–Trinajstić information content (AvgIpc) is 2.75. The number of aliphatic imine (C=N–C) groups is 1. The molecule has 4 nitrogen and oxygen atoms in total. The van der Waals surface area contributed by atoms with Crippen LogP contribution in [-0.4, -0.2) is 29.6 Å². The van der Waals surface area contributed by atoms with E-state index in [2.05, 4.69) is 20.9 Å². The van der Waals surface area contributed by atoms with E-state index >= 15 is 0 Å². The van der Waals surface area contributed by atoms with Crippen molar-refractivity contribution in [3.63, 3.8) is 0 Å². The first-order valence-electron chi connectivity index (χ1n) is 5.34. The SMILES string of the molecule is O=C(O)CCC1CN=C(c2ccccc2Br)O1. The third-order valence-corrected chi connectivity index (χ3v) is 3.19. The standard InChI is InChI=1S/C12H12BrNO3/c13-10-4-2-1-3-9(10)12-14-7-8(17-12)5-6-11(15)16/h1-4,8H,5-7H2,(H,15,16). The Kier molecular flexibility index (Phi) is 3.78. The van der Waals surface area contributed by atoms with Gasteiger partial charge >= 0.3 is 5.97 Å². The Morgan fingerprint density at radius 3 is 3.00 bits per heavy atom. The smallest absolute Gasteiger partial charge is 0.303 e. The van der Waals surface area contributed by atoms with Crippen LogP contribution in [0.25, 0.3) is 0 Å². The number of halogens is 1. The quantitative estimate of drug-likeness (QED) is 0.929. The number of carboxylic acids is 1. The van der Waals surface area contributed by atoms with Crippen molar-refractivity contribution < 1.29 is 14.6 Å². The highest BCUT2D eigenvalue weighted by atomic mass is 79.9. The number of aliphatic carboxylic acids is 1. The number of ether oxygens (including phenoxy) is 1. The lowest BCUT2D eigenvalue weighted by molar-refractivity contribution is -0.137. The predicted molar refractivity (Wildman–Crippen MR) is 67.3 cm³/mol. The van der Waals surface area contributed by atoms with Gasteiger partial charge in [0.05, 0.1) is 12.1 Å². The molecule has 90 valence electrons. The molecular formula is C12H12BrNO3. The van der Waals surface area contributed by atoms with Crippen molar-refractivity contribution in [2.45, 2.75) is 18.9 Å². The highest BCUT2D eigenvalue weighted by molar-refractivity contribution is 9.10. The number of rotatable bonds is 4. The van der Waals surface area contributed by atoms with E-state index in [0.717, 1.165) is 10.0 Å². The molecule has 0 aliphatic carbocycles. The van der Waals surface area contributed by atoms with E-state index in [1.54, 1.807) is 0 Å². The van der Waals surface area contributed by atoms with Crippen LogP contribution in [0.2, 0.25) is 0 Å². The summed E-state index contributed by atoms with van der Waals surface area (Å²) in [6.45, 7) is 0.532. The van der Waals surface area contributed by atoms with Crippen LogP contribution in [0.1, 0.15) is 18.4 Å². The molecule has 0 fully saturated rings. The second-order valence-corrected chi connectivity index (χ2v) is 4.65. The molecule has 0 spiro atoms. The molecule has 1 N–H and O–H groups in total. The number of benzene rings is 1. The molecule has 17 heavy (non-hydrogen) atoms. The zero-order valence-corrected chi connectivity index (χ0v) is 10.7. The zero-order valence-electron chi connectivity index (χ0n) is 9.10. The van der Waals surface area contributed by atoms with Crippen LogP contribution in [0.15, 0.2) is 33.7 Å². The first-order valence-corrected chi connectivity index (χ1v) is 6.14. The number of carboxylic acid groups (broad SMARTS) is 1. The molecule has 5 heteroatoms. The molecule has 0 radical (unpaired) electrons. The fourth-order valence-electron chi connectivity index (χ4n) is 1.64. The van der Waals surface area contributed by atoms with Gasteiger partial charge in [0.15, 0.2) is 0 Å². The van der Waals surface area contributed by atoms with E-state index in [1.165, 1.54) is 0 Å². The van der Waals surface area contributed by atoms with Crippen molar-refractivity contribution in [1.29, 1.82) is 0 Å². The second kappa shape index (κ2) is 5.31. The summed E-state index contributed by atoms with van der Waals surface area (Å²) in [5.74, 6) is -0.212. The zero-order chi connectivity index (χ0) is 12.3. The molecule has 1 unspecified atom stereocenters. The minimum absolute atomic E-state index is 0.115. The third kappa shape index (κ3) is 3.06. The van der Waals surface area contributed by atoms with E-state index in [-0.39, 0.29) is 12.5 Å². The fraction of sp³-hybridized carbons (Fsp3) is 0.333. The molecular weight excluding hydrogens is 286 g/mol. The largest absolute Gasteiger partial charge is 0.481 e. The number of nitrogens with zero attached hydrogens (tertiary/aromatic N) is 1. The van der Waals surface area contributed by atoms with E-state index in [1.807, 2.05) is 24.3 Å². The first kappa shape index (κ1) is 12.1. The van der Waals surface area contributed by atoms with Gasteiger partial charge < -0.3 is 9.84 Å². The van der Waals surface area contributed by atoms with Crippen molar-refractivity contribution in [3.8, 4) is 0 Å². The Balaban J connectivity index is 1.98. The molecule has 1 aromatic carbocycles. The average molecular weight is 298 g/mol. The van der Waals surface area contributed by atoms with Crippen LogP contribution in [0.4, 0.5) is 0 Å². The second-order valence-electron chi connectivity index (χ2n) is 3.80. The third-order valence-electron chi connectivity index (χ3n) is 2.50. The van der Waals surface area contributed by atoms with Crippen molar-refractivity contribution in [3.05, 3.63) is 34.3 Å². The molecule has 1 atom stereocenters. The molecule has 1 heterocycles. The van der Waals surface area contributed by atoms with Crippen molar-refractivity contribution >= 4 is 27.8 Å². The maximum absolute atomic E-state index is 10.5. The molecule has 2 rings (SSSR count). The molecule has 1 aliphatic rings. The summed E-state index contributed by atoms with van der Waals surface area (Å²) in [4.78, 5) is 14.8. The molecule has 1 aliphatic heterocycles. The lowest BCUT2D eigenvalue weighted by Gasteiger charge is -2.10. The number of carbonyl (C=O) groups is 1. The van der Waals surface area contributed by atoms with Gasteiger partial charge in [-0.2, -0.15) is 0 Å². The van der Waals surface area contributed by atoms with Gasteiger partial charge in [0.2, 0.25) is 5.90 Å². The van der Waals surface area contributed by atoms with Gasteiger partial charge in [-0.15, -0.1) is 0 Å². The molecule has 0 bridgehead atoms. The first-order chi connectivity index (χ1) is 8.16. The monoisotopic (exact) mass is 297 g/mol. The molecule has 0 aromatic heterocycles. The highest BCUT2D eigenvalue weighted by Gasteiger charge is 2.22. The van der Waals surface area contributed by atoms with Crippen LogP contribution in [-0.2, 0) is 9.53 Å². The summed E-state index contributed by atoms with van der Waals surface area (Å²) in [6, 6.07) is 7.68. The van der Waals surface area contributed by atoms with Crippen molar-refractivity contribution in [2.75, 3.05) is 6.54 Å². The molecule has 0 saturated carbocycles.